The zero-order valence-electron chi connectivity index (χ0n) is 14.3. The van der Waals surface area contributed by atoms with E-state index in [4.69, 9.17) is 17.0 Å². The first-order chi connectivity index (χ1) is 12.6. The molecule has 0 atom stereocenters. The number of benzene rings is 1. The predicted octanol–water partition coefficient (Wildman–Crippen LogP) is 3.55. The minimum Gasteiger partial charge on any atom is -0.452 e. The largest absolute Gasteiger partial charge is 0.452 e. The predicted molar refractivity (Wildman–Crippen MR) is 105 cm³/mol. The quantitative estimate of drug-likeness (QED) is 0.427. The fraction of sp³-hybridized carbons (Fsp3) is 0.412. The standard InChI is InChI=1S/C17H19N3O3S3/c1-25-16-18-20(17(24)26-16)13-7-5-12(6-8-13)15(22)23-11-14(21)19-9-3-2-4-10-19/h5-8H,2-4,9-11H2,1H3. The Kier molecular flexibility index (Phi) is 6.44. The maximum Gasteiger partial charge on any atom is 0.338 e. The van der Waals surface area contributed by atoms with E-state index in [9.17, 15) is 9.59 Å². The van der Waals surface area contributed by atoms with Crippen LogP contribution >= 0.6 is 35.3 Å². The maximum absolute atomic E-state index is 12.2. The van der Waals surface area contributed by atoms with E-state index in [0.717, 1.165) is 42.4 Å². The van der Waals surface area contributed by atoms with Crippen molar-refractivity contribution in [3.05, 3.63) is 33.8 Å². The van der Waals surface area contributed by atoms with Crippen molar-refractivity contribution in [3.8, 4) is 5.69 Å². The van der Waals surface area contributed by atoms with Gasteiger partial charge in [0.15, 0.2) is 14.9 Å². The molecule has 9 heteroatoms. The molecular formula is C17H19N3O3S3. The maximum atomic E-state index is 12.2. The molecule has 1 aromatic carbocycles. The number of hydrogen-bond acceptors (Lipinski definition) is 7. The van der Waals surface area contributed by atoms with Crippen molar-refractivity contribution >= 4 is 47.2 Å². The van der Waals surface area contributed by atoms with Gasteiger partial charge in [-0.3, -0.25) is 4.79 Å². The molecule has 0 aliphatic carbocycles. The number of esters is 1. The number of hydrogen-bond donors (Lipinski definition) is 0. The normalized spacial score (nSPS) is 14.3. The Morgan fingerprint density at radius 3 is 2.54 bits per heavy atom. The van der Waals surface area contributed by atoms with Crippen LogP contribution in [0.2, 0.25) is 0 Å². The average Bonchev–Trinajstić information content (AvgIpc) is 3.07. The van der Waals surface area contributed by atoms with Crippen molar-refractivity contribution in [2.24, 2.45) is 0 Å². The number of rotatable bonds is 5. The van der Waals surface area contributed by atoms with Crippen molar-refractivity contribution in [2.45, 2.75) is 23.6 Å². The van der Waals surface area contributed by atoms with Crippen LogP contribution in [0.15, 0.2) is 28.6 Å². The molecule has 2 aromatic rings. The Balaban J connectivity index is 1.60. The lowest BCUT2D eigenvalue weighted by Gasteiger charge is -2.26. The van der Waals surface area contributed by atoms with Gasteiger partial charge in [0.2, 0.25) is 0 Å². The van der Waals surface area contributed by atoms with Crippen LogP contribution in [0.25, 0.3) is 5.69 Å². The van der Waals surface area contributed by atoms with E-state index in [2.05, 4.69) is 5.10 Å². The summed E-state index contributed by atoms with van der Waals surface area (Å²) in [6, 6.07) is 6.84. The van der Waals surface area contributed by atoms with Crippen LogP contribution in [0.4, 0.5) is 0 Å². The van der Waals surface area contributed by atoms with Crippen molar-refractivity contribution in [2.75, 3.05) is 26.0 Å². The third-order valence-corrected chi connectivity index (χ3v) is 6.29. The average molecular weight is 410 g/mol. The zero-order chi connectivity index (χ0) is 18.5. The van der Waals surface area contributed by atoms with Crippen molar-refractivity contribution in [1.29, 1.82) is 0 Å². The summed E-state index contributed by atoms with van der Waals surface area (Å²) in [5.41, 5.74) is 1.18. The summed E-state index contributed by atoms with van der Waals surface area (Å²) in [4.78, 5) is 26.0. The first-order valence-corrected chi connectivity index (χ1v) is 10.7. The monoisotopic (exact) mass is 409 g/mol. The molecule has 1 aromatic heterocycles. The number of nitrogens with zero attached hydrogens (tertiary/aromatic N) is 3. The van der Waals surface area contributed by atoms with E-state index in [0.29, 0.717) is 9.52 Å². The molecule has 0 unspecified atom stereocenters. The van der Waals surface area contributed by atoms with Gasteiger partial charge in [-0.05, 0) is 62.0 Å². The molecule has 0 radical (unpaired) electrons. The minimum atomic E-state index is -0.506. The molecule has 0 spiro atoms. The van der Waals surface area contributed by atoms with Gasteiger partial charge < -0.3 is 9.64 Å². The molecule has 6 nitrogen and oxygen atoms in total. The van der Waals surface area contributed by atoms with Gasteiger partial charge in [0.1, 0.15) is 0 Å². The van der Waals surface area contributed by atoms with Crippen LogP contribution in [0, 0.1) is 3.95 Å². The van der Waals surface area contributed by atoms with Crippen molar-refractivity contribution < 1.29 is 14.3 Å². The molecule has 1 fully saturated rings. The third-order valence-electron chi connectivity index (χ3n) is 4.09. The molecule has 3 rings (SSSR count). The van der Waals surface area contributed by atoms with E-state index in [1.165, 1.54) is 23.1 Å². The number of likely N-dealkylation sites (tertiary alicyclic amines) is 1. The smallest absolute Gasteiger partial charge is 0.338 e. The number of carbonyl (C=O) groups excluding carboxylic acids is 2. The number of piperidine rings is 1. The molecule has 0 saturated carbocycles. The van der Waals surface area contributed by atoms with Crippen LogP contribution in [0.1, 0.15) is 29.6 Å². The summed E-state index contributed by atoms with van der Waals surface area (Å²) in [6.45, 7) is 1.28. The van der Waals surface area contributed by atoms with Gasteiger partial charge in [0, 0.05) is 13.1 Å². The molecular weight excluding hydrogens is 390 g/mol. The Morgan fingerprint density at radius 1 is 1.23 bits per heavy atom. The second-order valence-electron chi connectivity index (χ2n) is 5.81. The lowest BCUT2D eigenvalue weighted by Crippen LogP contribution is -2.38. The van der Waals surface area contributed by atoms with Gasteiger partial charge in [-0.15, -0.1) is 5.10 Å². The highest BCUT2D eigenvalue weighted by molar-refractivity contribution is 8.00. The van der Waals surface area contributed by atoms with E-state index >= 15 is 0 Å². The van der Waals surface area contributed by atoms with Gasteiger partial charge >= 0.3 is 5.97 Å². The highest BCUT2D eigenvalue weighted by Crippen LogP contribution is 2.22. The van der Waals surface area contributed by atoms with Crippen LogP contribution < -0.4 is 0 Å². The van der Waals surface area contributed by atoms with E-state index in [1.807, 2.05) is 6.26 Å². The van der Waals surface area contributed by atoms with Gasteiger partial charge in [-0.25, -0.2) is 9.48 Å². The molecule has 0 N–H and O–H groups in total. The molecule has 1 amide bonds. The van der Waals surface area contributed by atoms with E-state index < -0.39 is 5.97 Å². The molecule has 1 aliphatic rings. The number of aromatic nitrogens is 2. The first kappa shape index (κ1) is 19.1. The number of ether oxygens (including phenoxy) is 1. The third kappa shape index (κ3) is 4.52. The molecule has 0 bridgehead atoms. The van der Waals surface area contributed by atoms with Gasteiger partial charge in [-0.1, -0.05) is 23.1 Å². The van der Waals surface area contributed by atoms with Crippen molar-refractivity contribution in [3.63, 3.8) is 0 Å². The Hall–Kier alpha value is -1.71. The molecule has 2 heterocycles. The minimum absolute atomic E-state index is 0.131. The highest BCUT2D eigenvalue weighted by atomic mass is 32.2. The summed E-state index contributed by atoms with van der Waals surface area (Å²) in [6.07, 6.45) is 5.12. The molecule has 1 aliphatic heterocycles. The van der Waals surface area contributed by atoms with Crippen molar-refractivity contribution in [1.82, 2.24) is 14.7 Å². The summed E-state index contributed by atoms with van der Waals surface area (Å²) >= 11 is 8.29. The second kappa shape index (κ2) is 8.79. The second-order valence-corrected chi connectivity index (χ2v) is 8.49. The highest BCUT2D eigenvalue weighted by Gasteiger charge is 2.18. The van der Waals surface area contributed by atoms with Crippen LogP contribution in [-0.2, 0) is 9.53 Å². The van der Waals surface area contributed by atoms with Gasteiger partial charge in [-0.2, -0.15) is 0 Å². The van der Waals surface area contributed by atoms with E-state index in [-0.39, 0.29) is 12.5 Å². The van der Waals surface area contributed by atoms with Crippen LogP contribution in [-0.4, -0.2) is 52.5 Å². The summed E-state index contributed by atoms with van der Waals surface area (Å²) < 4.78 is 8.36. The Labute approximate surface area is 165 Å². The Bertz CT molecular complexity index is 839. The van der Waals surface area contributed by atoms with E-state index in [1.54, 1.807) is 33.8 Å². The van der Waals surface area contributed by atoms with Crippen LogP contribution in [0.3, 0.4) is 0 Å². The molecule has 138 valence electrons. The topological polar surface area (TPSA) is 64.4 Å². The number of thioether (sulfide) groups is 1. The zero-order valence-corrected chi connectivity index (χ0v) is 16.8. The van der Waals surface area contributed by atoms with Crippen LogP contribution in [0.5, 0.6) is 0 Å². The number of carbonyl (C=O) groups is 2. The Morgan fingerprint density at radius 2 is 1.92 bits per heavy atom. The fourth-order valence-electron chi connectivity index (χ4n) is 2.69. The van der Waals surface area contributed by atoms with Gasteiger partial charge in [0.05, 0.1) is 11.3 Å². The lowest BCUT2D eigenvalue weighted by molar-refractivity contribution is -0.135. The summed E-state index contributed by atoms with van der Waals surface area (Å²) in [7, 11) is 0. The first-order valence-electron chi connectivity index (χ1n) is 8.28. The summed E-state index contributed by atoms with van der Waals surface area (Å²) in [5.74, 6) is -0.637. The summed E-state index contributed by atoms with van der Waals surface area (Å²) in [5, 5.41) is 4.41. The molecule has 1 saturated heterocycles. The lowest BCUT2D eigenvalue weighted by atomic mass is 10.1. The number of amides is 1. The molecule has 26 heavy (non-hydrogen) atoms. The SMILES string of the molecule is CSc1nn(-c2ccc(C(=O)OCC(=O)N3CCCCC3)cc2)c(=S)s1. The fourth-order valence-corrected chi connectivity index (χ4v) is 4.47. The van der Waals surface area contributed by atoms with Gasteiger partial charge in [0.25, 0.3) is 5.91 Å².